The van der Waals surface area contributed by atoms with E-state index in [4.69, 9.17) is 5.41 Å². The topological polar surface area (TPSA) is 39.6 Å². The van der Waals surface area contributed by atoms with Crippen LogP contribution in [0.25, 0.3) is 0 Å². The van der Waals surface area contributed by atoms with Crippen LogP contribution in [0.3, 0.4) is 0 Å². The van der Waals surface area contributed by atoms with Crippen LogP contribution in [-0.4, -0.2) is 57.7 Å². The number of ether oxygens (including phenoxy) is 1. The Bertz CT molecular complexity index is 941. The molecule has 4 nitrogen and oxygen atoms in total. The summed E-state index contributed by atoms with van der Waals surface area (Å²) >= 11 is 3.37. The molecule has 0 radical (unpaired) electrons. The molecule has 0 spiro atoms. The summed E-state index contributed by atoms with van der Waals surface area (Å²) in [6, 6.07) is 10.5. The quantitative estimate of drug-likeness (QED) is 0.348. The number of nitrogens with one attached hydrogen (secondary N) is 1. The SMILES string of the molecule is N=C1C(CSN2C=CCC2)=C(OC(F)(F)F)C=CC1CCSC1CCN(Cc2ccccc2)CC1. The summed E-state index contributed by atoms with van der Waals surface area (Å²) in [6.07, 6.45) is 6.30. The van der Waals surface area contributed by atoms with Gasteiger partial charge in [-0.05, 0) is 68.1 Å². The lowest BCUT2D eigenvalue weighted by molar-refractivity contribution is -0.303. The molecule has 4 rings (SSSR count). The third-order valence-electron chi connectivity index (χ3n) is 6.43. The van der Waals surface area contributed by atoms with Crippen LogP contribution in [0.4, 0.5) is 13.2 Å². The van der Waals surface area contributed by atoms with E-state index >= 15 is 0 Å². The fourth-order valence-electron chi connectivity index (χ4n) is 4.53. The van der Waals surface area contributed by atoms with Gasteiger partial charge >= 0.3 is 6.36 Å². The molecule has 1 atom stereocenters. The third-order valence-corrected chi connectivity index (χ3v) is 8.90. The van der Waals surface area contributed by atoms with Gasteiger partial charge in [-0.15, -0.1) is 13.2 Å². The number of halogens is 3. The lowest BCUT2D eigenvalue weighted by Gasteiger charge is -2.32. The maximum atomic E-state index is 12.9. The number of piperidine rings is 1. The van der Waals surface area contributed by atoms with Gasteiger partial charge in [0.15, 0.2) is 0 Å². The van der Waals surface area contributed by atoms with E-state index in [2.05, 4.69) is 33.9 Å². The molecule has 3 aliphatic rings. The van der Waals surface area contributed by atoms with Gasteiger partial charge in [-0.1, -0.05) is 42.5 Å². The van der Waals surface area contributed by atoms with Crippen molar-refractivity contribution in [1.82, 2.24) is 9.21 Å². The lowest BCUT2D eigenvalue weighted by atomic mass is 9.90. The summed E-state index contributed by atoms with van der Waals surface area (Å²) in [5.41, 5.74) is 1.94. The zero-order valence-corrected chi connectivity index (χ0v) is 21.3. The Kier molecular flexibility index (Phi) is 9.30. The van der Waals surface area contributed by atoms with Crippen molar-refractivity contribution in [3.8, 4) is 0 Å². The Labute approximate surface area is 214 Å². The summed E-state index contributed by atoms with van der Waals surface area (Å²) in [4.78, 5) is 2.50. The van der Waals surface area contributed by atoms with Gasteiger partial charge in [0.1, 0.15) is 5.76 Å². The molecule has 9 heteroatoms. The van der Waals surface area contributed by atoms with E-state index in [1.54, 1.807) is 6.08 Å². The normalized spacial score (nSPS) is 21.9. The minimum Gasteiger partial charge on any atom is -0.405 e. The highest BCUT2D eigenvalue weighted by molar-refractivity contribution is 7.99. The van der Waals surface area contributed by atoms with Crippen molar-refractivity contribution in [3.05, 3.63) is 71.7 Å². The predicted octanol–water partition coefficient (Wildman–Crippen LogP) is 6.64. The van der Waals surface area contributed by atoms with Gasteiger partial charge in [-0.3, -0.25) is 4.90 Å². The Morgan fingerprint density at radius 1 is 1.09 bits per heavy atom. The van der Waals surface area contributed by atoms with Gasteiger partial charge in [-0.25, -0.2) is 0 Å². The molecule has 0 amide bonds. The second-order valence-electron chi connectivity index (χ2n) is 8.98. The number of hydrogen-bond donors (Lipinski definition) is 1. The van der Waals surface area contributed by atoms with E-state index in [9.17, 15) is 13.2 Å². The number of benzene rings is 1. The fourth-order valence-corrected chi connectivity index (χ4v) is 6.79. The Morgan fingerprint density at radius 2 is 1.86 bits per heavy atom. The molecule has 1 saturated heterocycles. The smallest absolute Gasteiger partial charge is 0.405 e. The summed E-state index contributed by atoms with van der Waals surface area (Å²) in [7, 11) is 0. The highest BCUT2D eigenvalue weighted by Crippen LogP contribution is 2.33. The molecule has 0 aromatic heterocycles. The van der Waals surface area contributed by atoms with Crippen molar-refractivity contribution < 1.29 is 17.9 Å². The molecule has 2 aliphatic heterocycles. The van der Waals surface area contributed by atoms with E-state index in [-0.39, 0.29) is 17.4 Å². The average molecular weight is 524 g/mol. The molecule has 1 unspecified atom stereocenters. The van der Waals surface area contributed by atoms with Crippen LogP contribution in [0.15, 0.2) is 66.1 Å². The zero-order chi connectivity index (χ0) is 24.7. The van der Waals surface area contributed by atoms with Crippen molar-refractivity contribution >= 4 is 29.4 Å². The average Bonchev–Trinajstić information content (AvgIpc) is 3.35. The van der Waals surface area contributed by atoms with Gasteiger partial charge in [0.2, 0.25) is 0 Å². The number of thioether (sulfide) groups is 1. The summed E-state index contributed by atoms with van der Waals surface area (Å²) < 4.78 is 45.1. The van der Waals surface area contributed by atoms with Crippen molar-refractivity contribution in [1.29, 1.82) is 5.41 Å². The number of alkyl halides is 3. The van der Waals surface area contributed by atoms with Gasteiger partial charge in [-0.2, -0.15) is 11.8 Å². The lowest BCUT2D eigenvalue weighted by Crippen LogP contribution is -2.34. The van der Waals surface area contributed by atoms with E-state index < -0.39 is 6.36 Å². The number of hydrogen-bond acceptors (Lipinski definition) is 6. The van der Waals surface area contributed by atoms with Crippen LogP contribution in [0.2, 0.25) is 0 Å². The number of allylic oxidation sites excluding steroid dienone is 2. The Morgan fingerprint density at radius 3 is 2.54 bits per heavy atom. The molecule has 35 heavy (non-hydrogen) atoms. The molecular weight excluding hydrogens is 491 g/mol. The van der Waals surface area contributed by atoms with Crippen LogP contribution in [0, 0.1) is 11.3 Å². The maximum Gasteiger partial charge on any atom is 0.573 e. The maximum absolute atomic E-state index is 12.9. The molecule has 1 aromatic rings. The fraction of sp³-hybridized carbons (Fsp3) is 0.500. The van der Waals surface area contributed by atoms with Gasteiger partial charge in [0.25, 0.3) is 0 Å². The van der Waals surface area contributed by atoms with Crippen molar-refractivity contribution in [2.75, 3.05) is 31.1 Å². The molecule has 1 aromatic carbocycles. The molecule has 190 valence electrons. The first-order valence-corrected chi connectivity index (χ1v) is 14.1. The van der Waals surface area contributed by atoms with Crippen molar-refractivity contribution in [2.24, 2.45) is 5.92 Å². The summed E-state index contributed by atoms with van der Waals surface area (Å²) in [5.74, 6) is 0.771. The molecule has 2 heterocycles. The molecule has 1 N–H and O–H groups in total. The minimum atomic E-state index is -4.76. The second kappa shape index (κ2) is 12.4. The van der Waals surface area contributed by atoms with Crippen LogP contribution in [-0.2, 0) is 11.3 Å². The summed E-state index contributed by atoms with van der Waals surface area (Å²) in [5, 5.41) is 9.25. The monoisotopic (exact) mass is 523 g/mol. The van der Waals surface area contributed by atoms with Gasteiger partial charge in [0, 0.05) is 47.5 Å². The van der Waals surface area contributed by atoms with Crippen molar-refractivity contribution in [3.63, 3.8) is 0 Å². The van der Waals surface area contributed by atoms with E-state index in [1.807, 2.05) is 34.4 Å². The Balaban J connectivity index is 1.24. The van der Waals surface area contributed by atoms with Crippen LogP contribution < -0.4 is 0 Å². The second-order valence-corrected chi connectivity index (χ2v) is 11.4. The van der Waals surface area contributed by atoms with Crippen LogP contribution >= 0.6 is 23.7 Å². The van der Waals surface area contributed by atoms with E-state index in [0.29, 0.717) is 16.6 Å². The highest BCUT2D eigenvalue weighted by Gasteiger charge is 2.35. The first kappa shape index (κ1) is 26.2. The van der Waals surface area contributed by atoms with Gasteiger partial charge < -0.3 is 14.5 Å². The molecule has 1 fully saturated rings. The standard InChI is InChI=1S/C26H32F3N3OS2/c27-26(28,29)33-24-9-8-21(25(30)23(24)19-35-32-13-4-5-14-32)12-17-34-22-10-15-31(16-11-22)18-20-6-2-1-3-7-20/h1-4,6-9,13,21-22,30H,5,10-12,14-19H2. The highest BCUT2D eigenvalue weighted by atomic mass is 32.2. The first-order valence-electron chi connectivity index (χ1n) is 12.1. The largest absolute Gasteiger partial charge is 0.573 e. The molecule has 1 aliphatic carbocycles. The minimum absolute atomic E-state index is 0.175. The van der Waals surface area contributed by atoms with Crippen molar-refractivity contribution in [2.45, 2.75) is 43.8 Å². The number of rotatable bonds is 10. The molecular formula is C26H32F3N3OS2. The van der Waals surface area contributed by atoms with Crippen LogP contribution in [0.1, 0.15) is 31.2 Å². The summed E-state index contributed by atoms with van der Waals surface area (Å²) in [6.45, 7) is 3.99. The number of likely N-dealkylation sites (tertiary alicyclic amines) is 1. The van der Waals surface area contributed by atoms with E-state index in [1.165, 1.54) is 23.6 Å². The van der Waals surface area contributed by atoms with Gasteiger partial charge in [0.05, 0.1) is 0 Å². The predicted molar refractivity (Wildman–Crippen MR) is 139 cm³/mol. The third kappa shape index (κ3) is 8.08. The van der Waals surface area contributed by atoms with E-state index in [0.717, 1.165) is 57.6 Å². The first-order chi connectivity index (χ1) is 16.9. The molecule has 0 bridgehead atoms. The molecule has 0 saturated carbocycles. The zero-order valence-electron chi connectivity index (χ0n) is 19.7. The Hall–Kier alpha value is -1.84. The van der Waals surface area contributed by atoms with Crippen LogP contribution in [0.5, 0.6) is 0 Å². The number of nitrogens with zero attached hydrogens (tertiary/aromatic N) is 2.